The molecular weight excluding hydrogens is 274 g/mol. The van der Waals surface area contributed by atoms with Gasteiger partial charge in [-0.15, -0.1) is 0 Å². The third-order valence-electron chi connectivity index (χ3n) is 3.64. The summed E-state index contributed by atoms with van der Waals surface area (Å²) in [6, 6.07) is 7.62. The molecule has 0 amide bonds. The van der Waals surface area contributed by atoms with Crippen molar-refractivity contribution in [3.8, 4) is 0 Å². The van der Waals surface area contributed by atoms with Crippen LogP contribution in [0.25, 0.3) is 10.1 Å². The summed E-state index contributed by atoms with van der Waals surface area (Å²) in [5.41, 5.74) is 0.0682. The molecule has 2 aromatic rings. The monoisotopic (exact) mass is 293 g/mol. The van der Waals surface area contributed by atoms with Gasteiger partial charge in [0, 0.05) is 13.0 Å². The Morgan fingerprint density at radius 2 is 2.10 bits per heavy atom. The summed E-state index contributed by atoms with van der Waals surface area (Å²) in [4.78, 5) is 22.8. The lowest BCUT2D eigenvalue weighted by Crippen LogP contribution is -2.15. The van der Waals surface area contributed by atoms with Crippen molar-refractivity contribution in [2.24, 2.45) is 5.92 Å². The maximum absolute atomic E-state index is 12.2. The minimum atomic E-state index is -0.748. The largest absolute Gasteiger partial charge is 0.481 e. The van der Waals surface area contributed by atoms with Crippen molar-refractivity contribution in [3.05, 3.63) is 34.6 Å². The van der Waals surface area contributed by atoms with Gasteiger partial charge in [-0.05, 0) is 30.9 Å². The average molecular weight is 293 g/mol. The Labute approximate surface area is 121 Å². The van der Waals surface area contributed by atoms with Gasteiger partial charge in [0.15, 0.2) is 0 Å². The molecule has 0 fully saturated rings. The van der Waals surface area contributed by atoms with Gasteiger partial charge in [0.2, 0.25) is 0 Å². The second-order valence-corrected chi connectivity index (χ2v) is 6.05. The zero-order valence-corrected chi connectivity index (χ0v) is 12.4. The van der Waals surface area contributed by atoms with Crippen LogP contribution in [0.1, 0.15) is 32.6 Å². The molecule has 1 unspecified atom stereocenters. The van der Waals surface area contributed by atoms with Gasteiger partial charge >= 0.3 is 5.97 Å². The van der Waals surface area contributed by atoms with E-state index in [2.05, 4.69) is 6.92 Å². The fraction of sp³-hybridized carbons (Fsp3) is 0.467. The third kappa shape index (κ3) is 3.48. The van der Waals surface area contributed by atoms with Crippen LogP contribution in [0.15, 0.2) is 29.1 Å². The second-order valence-electron chi connectivity index (χ2n) is 4.99. The van der Waals surface area contributed by atoms with E-state index < -0.39 is 5.97 Å². The van der Waals surface area contributed by atoms with Gasteiger partial charge < -0.3 is 5.11 Å². The maximum atomic E-state index is 12.2. The highest BCUT2D eigenvalue weighted by molar-refractivity contribution is 7.13. The van der Waals surface area contributed by atoms with Crippen molar-refractivity contribution in [2.75, 3.05) is 0 Å². The van der Waals surface area contributed by atoms with Crippen LogP contribution in [0, 0.1) is 5.92 Å². The van der Waals surface area contributed by atoms with Gasteiger partial charge in [0.25, 0.3) is 5.56 Å². The molecule has 0 saturated carbocycles. The Kier molecular flexibility index (Phi) is 4.95. The summed E-state index contributed by atoms with van der Waals surface area (Å²) in [5, 5.41) is 9.50. The number of hydrogen-bond donors (Lipinski definition) is 1. The number of carboxylic acids is 1. The predicted octanol–water partition coefficient (Wildman–Crippen LogP) is 3.34. The number of carboxylic acid groups (broad SMARTS) is 1. The van der Waals surface area contributed by atoms with Gasteiger partial charge in [0.1, 0.15) is 0 Å². The van der Waals surface area contributed by atoms with Crippen LogP contribution in [0.3, 0.4) is 0 Å². The molecule has 0 saturated heterocycles. The van der Waals surface area contributed by atoms with E-state index in [9.17, 15) is 9.59 Å². The van der Waals surface area contributed by atoms with Crippen LogP contribution in [0.5, 0.6) is 0 Å². The molecule has 5 heteroatoms. The number of fused-ring (bicyclic) bond motifs is 1. The van der Waals surface area contributed by atoms with E-state index in [4.69, 9.17) is 5.11 Å². The summed E-state index contributed by atoms with van der Waals surface area (Å²) < 4.78 is 2.80. The van der Waals surface area contributed by atoms with Gasteiger partial charge in [0.05, 0.1) is 10.1 Å². The Bertz CT molecular complexity index is 644. The molecule has 0 aliphatic rings. The van der Waals surface area contributed by atoms with E-state index in [1.807, 2.05) is 24.3 Å². The van der Waals surface area contributed by atoms with Crippen LogP contribution in [-0.2, 0) is 11.3 Å². The summed E-state index contributed by atoms with van der Waals surface area (Å²) in [7, 11) is 0. The van der Waals surface area contributed by atoms with E-state index in [-0.39, 0.29) is 12.0 Å². The van der Waals surface area contributed by atoms with Gasteiger partial charge in [-0.1, -0.05) is 37.0 Å². The highest BCUT2D eigenvalue weighted by Gasteiger charge is 2.11. The number of benzene rings is 1. The molecule has 1 aromatic carbocycles. The van der Waals surface area contributed by atoms with Crippen LogP contribution < -0.4 is 5.56 Å². The van der Waals surface area contributed by atoms with Crippen molar-refractivity contribution < 1.29 is 9.90 Å². The van der Waals surface area contributed by atoms with Crippen LogP contribution in [0.2, 0.25) is 0 Å². The number of hydrogen-bond acceptors (Lipinski definition) is 3. The Morgan fingerprint density at radius 3 is 2.75 bits per heavy atom. The molecular formula is C15H19NO3S. The van der Waals surface area contributed by atoms with Crippen LogP contribution in [-0.4, -0.2) is 15.0 Å². The molecule has 20 heavy (non-hydrogen) atoms. The van der Waals surface area contributed by atoms with E-state index in [0.29, 0.717) is 18.9 Å². The average Bonchev–Trinajstić information content (AvgIpc) is 2.76. The van der Waals surface area contributed by atoms with E-state index >= 15 is 0 Å². The number of nitrogens with zero attached hydrogens (tertiary/aromatic N) is 1. The first-order chi connectivity index (χ1) is 9.61. The maximum Gasteiger partial charge on any atom is 0.303 e. The Morgan fingerprint density at radius 1 is 1.35 bits per heavy atom. The number of carbonyl (C=O) groups is 1. The Balaban J connectivity index is 2.03. The topological polar surface area (TPSA) is 59.3 Å². The first-order valence-electron chi connectivity index (χ1n) is 6.92. The van der Waals surface area contributed by atoms with Gasteiger partial charge in [-0.2, -0.15) is 0 Å². The molecule has 0 aliphatic carbocycles. The quantitative estimate of drug-likeness (QED) is 0.851. The van der Waals surface area contributed by atoms with Gasteiger partial charge in [-0.3, -0.25) is 13.5 Å². The molecule has 0 spiro atoms. The molecule has 108 valence electrons. The second kappa shape index (κ2) is 6.70. The highest BCUT2D eigenvalue weighted by atomic mass is 32.1. The predicted molar refractivity (Wildman–Crippen MR) is 81.4 cm³/mol. The lowest BCUT2D eigenvalue weighted by Gasteiger charge is -2.13. The number of rotatable bonds is 7. The summed E-state index contributed by atoms with van der Waals surface area (Å²) in [5.74, 6) is -0.384. The number of aryl methyl sites for hydroxylation is 1. The van der Waals surface area contributed by atoms with E-state index in [0.717, 1.165) is 22.9 Å². The lowest BCUT2D eigenvalue weighted by molar-refractivity contribution is -0.137. The highest BCUT2D eigenvalue weighted by Crippen LogP contribution is 2.20. The standard InChI is InChI=1S/C15H19NO3S/c1-2-11(7-8-14(17)18)9-10-16-15(19)12-5-3-4-6-13(12)20-16/h3-6,11H,2,7-10H2,1H3,(H,17,18). The summed E-state index contributed by atoms with van der Waals surface area (Å²) >= 11 is 1.49. The first kappa shape index (κ1) is 14.8. The van der Waals surface area contributed by atoms with E-state index in [1.54, 1.807) is 3.96 Å². The fourth-order valence-electron chi connectivity index (χ4n) is 2.34. The Hall–Kier alpha value is -1.62. The van der Waals surface area contributed by atoms with Crippen LogP contribution >= 0.6 is 11.5 Å². The van der Waals surface area contributed by atoms with Crippen molar-refractivity contribution >= 4 is 27.6 Å². The minimum Gasteiger partial charge on any atom is -0.481 e. The zero-order chi connectivity index (χ0) is 14.5. The molecule has 2 rings (SSSR count). The SMILES string of the molecule is CCC(CCC(=O)O)CCn1sc2ccccc2c1=O. The molecule has 1 atom stereocenters. The zero-order valence-electron chi connectivity index (χ0n) is 11.5. The van der Waals surface area contributed by atoms with E-state index in [1.165, 1.54) is 11.5 Å². The smallest absolute Gasteiger partial charge is 0.303 e. The molecule has 0 radical (unpaired) electrons. The van der Waals surface area contributed by atoms with Crippen LogP contribution in [0.4, 0.5) is 0 Å². The fourth-order valence-corrected chi connectivity index (χ4v) is 3.35. The molecule has 0 aliphatic heterocycles. The first-order valence-corrected chi connectivity index (χ1v) is 7.69. The summed E-state index contributed by atoms with van der Waals surface area (Å²) in [6.45, 7) is 2.75. The van der Waals surface area contributed by atoms with Crippen molar-refractivity contribution in [2.45, 2.75) is 39.2 Å². The molecule has 1 aromatic heterocycles. The third-order valence-corrected chi connectivity index (χ3v) is 4.76. The lowest BCUT2D eigenvalue weighted by atomic mass is 9.97. The minimum absolute atomic E-state index is 0.0682. The molecule has 0 bridgehead atoms. The molecule has 1 N–H and O–H groups in total. The van der Waals surface area contributed by atoms with Crippen molar-refractivity contribution in [3.63, 3.8) is 0 Å². The molecule has 4 nitrogen and oxygen atoms in total. The summed E-state index contributed by atoms with van der Waals surface area (Å²) in [6.07, 6.45) is 2.70. The van der Waals surface area contributed by atoms with Crippen molar-refractivity contribution in [1.29, 1.82) is 0 Å². The number of aliphatic carboxylic acids is 1. The normalized spacial score (nSPS) is 12.7. The van der Waals surface area contributed by atoms with Crippen molar-refractivity contribution in [1.82, 2.24) is 3.96 Å². The van der Waals surface area contributed by atoms with Gasteiger partial charge in [-0.25, -0.2) is 0 Å². The molecule has 1 heterocycles. The number of aromatic nitrogens is 1.